The summed E-state index contributed by atoms with van der Waals surface area (Å²) in [7, 11) is 0. The zero-order valence-corrected chi connectivity index (χ0v) is 12.3. The number of rotatable bonds is 4. The third kappa shape index (κ3) is 3.30. The van der Waals surface area contributed by atoms with Gasteiger partial charge < -0.3 is 4.74 Å². The minimum atomic E-state index is -0.642. The van der Waals surface area contributed by atoms with Gasteiger partial charge in [0.2, 0.25) is 0 Å². The largest absolute Gasteiger partial charge is 0.447 e. The fourth-order valence-electron chi connectivity index (χ4n) is 2.14. The van der Waals surface area contributed by atoms with Gasteiger partial charge in [-0.1, -0.05) is 13.8 Å². The molecule has 7 nitrogen and oxygen atoms in total. The first-order chi connectivity index (χ1) is 10.4. The summed E-state index contributed by atoms with van der Waals surface area (Å²) < 4.78 is 4.91. The van der Waals surface area contributed by atoms with Crippen LogP contribution < -0.4 is 0 Å². The fraction of sp³-hybridized carbons (Fsp3) is 0.333. The van der Waals surface area contributed by atoms with Crippen LogP contribution in [-0.4, -0.2) is 34.5 Å². The van der Waals surface area contributed by atoms with Crippen molar-refractivity contribution in [3.05, 3.63) is 46.0 Å². The molecule has 1 aromatic carbocycles. The first-order valence-corrected chi connectivity index (χ1v) is 6.82. The Hall–Kier alpha value is -2.70. The zero-order valence-electron chi connectivity index (χ0n) is 12.3. The Balaban J connectivity index is 2.10. The summed E-state index contributed by atoms with van der Waals surface area (Å²) in [6.45, 7) is 4.02. The van der Waals surface area contributed by atoms with Crippen LogP contribution in [0.5, 0.6) is 0 Å². The van der Waals surface area contributed by atoms with E-state index in [1.54, 1.807) is 0 Å². The molecular formula is C15H16N2O5. The van der Waals surface area contributed by atoms with E-state index in [-0.39, 0.29) is 24.3 Å². The van der Waals surface area contributed by atoms with E-state index in [2.05, 4.69) is 0 Å². The average molecular weight is 304 g/mol. The predicted molar refractivity (Wildman–Crippen MR) is 79.0 cm³/mol. The van der Waals surface area contributed by atoms with Crippen molar-refractivity contribution in [2.45, 2.75) is 19.9 Å². The maximum Gasteiger partial charge on any atom is 0.417 e. The molecule has 116 valence electrons. The highest BCUT2D eigenvalue weighted by Crippen LogP contribution is 2.20. The molecule has 1 heterocycles. The van der Waals surface area contributed by atoms with Gasteiger partial charge in [-0.25, -0.2) is 9.69 Å². The lowest BCUT2D eigenvalue weighted by atomic mass is 10.0. The van der Waals surface area contributed by atoms with Crippen molar-refractivity contribution >= 4 is 23.8 Å². The molecule has 1 fully saturated rings. The Bertz CT molecular complexity index is 621. The van der Waals surface area contributed by atoms with Crippen molar-refractivity contribution in [3.8, 4) is 0 Å². The number of imide groups is 1. The summed E-state index contributed by atoms with van der Waals surface area (Å²) in [6, 6.07) is 5.49. The Labute approximate surface area is 127 Å². The lowest BCUT2D eigenvalue weighted by Gasteiger charge is -2.20. The second kappa shape index (κ2) is 6.38. The molecule has 1 saturated heterocycles. The Morgan fingerprint density at radius 1 is 1.41 bits per heavy atom. The third-order valence-electron chi connectivity index (χ3n) is 3.44. The summed E-state index contributed by atoms with van der Waals surface area (Å²) >= 11 is 0. The van der Waals surface area contributed by atoms with E-state index in [0.717, 1.165) is 4.90 Å². The van der Waals surface area contributed by atoms with Gasteiger partial charge in [0.1, 0.15) is 6.61 Å². The number of nitro groups is 1. The van der Waals surface area contributed by atoms with E-state index in [9.17, 15) is 19.7 Å². The Morgan fingerprint density at radius 3 is 2.59 bits per heavy atom. The summed E-state index contributed by atoms with van der Waals surface area (Å²) in [5.74, 6) is -0.359. The number of nitro benzene ring substituents is 1. The highest BCUT2D eigenvalue weighted by molar-refractivity contribution is 6.02. The number of amides is 2. The van der Waals surface area contributed by atoms with E-state index in [0.29, 0.717) is 5.56 Å². The molecule has 1 atom stereocenters. The van der Waals surface area contributed by atoms with Gasteiger partial charge >= 0.3 is 6.09 Å². The van der Waals surface area contributed by atoms with Crippen molar-refractivity contribution in [1.82, 2.24) is 4.90 Å². The van der Waals surface area contributed by atoms with Gasteiger partial charge in [-0.2, -0.15) is 0 Å². The maximum absolute atomic E-state index is 12.1. The molecule has 1 aliphatic rings. The van der Waals surface area contributed by atoms with Crippen LogP contribution in [0.3, 0.4) is 0 Å². The third-order valence-corrected chi connectivity index (χ3v) is 3.44. The molecule has 0 aromatic heterocycles. The fourth-order valence-corrected chi connectivity index (χ4v) is 2.14. The lowest BCUT2D eigenvalue weighted by Crippen LogP contribution is -2.40. The minimum Gasteiger partial charge on any atom is -0.447 e. The molecule has 0 unspecified atom stereocenters. The standard InChI is InChI=1S/C15H16N2O5/c1-10(2)13-9-22-15(19)16(13)14(18)8-5-11-3-6-12(7-4-11)17(20)21/h3-8,10,13H,9H2,1-2H3/b8-5+/t13-/m1/s1. The van der Waals surface area contributed by atoms with Crippen molar-refractivity contribution in [1.29, 1.82) is 0 Å². The molecule has 1 aliphatic heterocycles. The number of carbonyl (C=O) groups excluding carboxylic acids is 2. The van der Waals surface area contributed by atoms with Crippen molar-refractivity contribution in [2.75, 3.05) is 6.61 Å². The Morgan fingerprint density at radius 2 is 2.05 bits per heavy atom. The summed E-state index contributed by atoms with van der Waals surface area (Å²) in [5, 5.41) is 10.6. The van der Waals surface area contributed by atoms with Crippen LogP contribution in [0.15, 0.2) is 30.3 Å². The van der Waals surface area contributed by atoms with E-state index >= 15 is 0 Å². The van der Waals surface area contributed by atoms with Crippen LogP contribution in [0.4, 0.5) is 10.5 Å². The number of hydrogen-bond acceptors (Lipinski definition) is 5. The number of nitrogens with zero attached hydrogens (tertiary/aromatic N) is 2. The number of cyclic esters (lactones) is 1. The molecule has 2 amide bonds. The Kier molecular flexibility index (Phi) is 4.55. The highest BCUT2D eigenvalue weighted by atomic mass is 16.6. The van der Waals surface area contributed by atoms with Gasteiger partial charge in [0.25, 0.3) is 11.6 Å². The van der Waals surface area contributed by atoms with Gasteiger partial charge in [0.15, 0.2) is 0 Å². The number of hydrogen-bond donors (Lipinski definition) is 0. The van der Waals surface area contributed by atoms with Crippen molar-refractivity contribution in [3.63, 3.8) is 0 Å². The van der Waals surface area contributed by atoms with E-state index < -0.39 is 16.9 Å². The molecule has 7 heteroatoms. The zero-order chi connectivity index (χ0) is 16.3. The van der Waals surface area contributed by atoms with Crippen LogP contribution in [0, 0.1) is 16.0 Å². The molecule has 2 rings (SSSR count). The molecule has 0 radical (unpaired) electrons. The van der Waals surface area contributed by atoms with Crippen LogP contribution >= 0.6 is 0 Å². The second-order valence-electron chi connectivity index (χ2n) is 5.28. The van der Waals surface area contributed by atoms with Gasteiger partial charge in [-0.05, 0) is 29.7 Å². The molecule has 0 saturated carbocycles. The SMILES string of the molecule is CC(C)[C@H]1COC(=O)N1C(=O)/C=C/c1ccc([N+](=O)[O-])cc1. The van der Waals surface area contributed by atoms with E-state index in [4.69, 9.17) is 4.74 Å². The van der Waals surface area contributed by atoms with Crippen LogP contribution in [-0.2, 0) is 9.53 Å². The number of benzene rings is 1. The number of ether oxygens (including phenoxy) is 1. The lowest BCUT2D eigenvalue weighted by molar-refractivity contribution is -0.384. The van der Waals surface area contributed by atoms with E-state index in [1.807, 2.05) is 13.8 Å². The molecule has 22 heavy (non-hydrogen) atoms. The van der Waals surface area contributed by atoms with Gasteiger partial charge in [0.05, 0.1) is 11.0 Å². The van der Waals surface area contributed by atoms with Crippen LogP contribution in [0.1, 0.15) is 19.4 Å². The molecular weight excluding hydrogens is 288 g/mol. The summed E-state index contributed by atoms with van der Waals surface area (Å²) in [6.07, 6.45) is 2.13. The first-order valence-electron chi connectivity index (χ1n) is 6.82. The minimum absolute atomic E-state index is 0.0218. The first kappa shape index (κ1) is 15.7. The van der Waals surface area contributed by atoms with Crippen molar-refractivity contribution in [2.24, 2.45) is 5.92 Å². The topological polar surface area (TPSA) is 89.8 Å². The summed E-state index contributed by atoms with van der Waals surface area (Å²) in [4.78, 5) is 35.0. The quantitative estimate of drug-likeness (QED) is 0.484. The molecule has 0 N–H and O–H groups in total. The maximum atomic E-state index is 12.1. The number of non-ortho nitro benzene ring substituents is 1. The predicted octanol–water partition coefficient (Wildman–Crippen LogP) is 2.61. The van der Waals surface area contributed by atoms with Crippen molar-refractivity contribution < 1.29 is 19.2 Å². The van der Waals surface area contributed by atoms with Crippen LogP contribution in [0.2, 0.25) is 0 Å². The summed E-state index contributed by atoms with van der Waals surface area (Å²) in [5.41, 5.74) is 0.610. The molecule has 0 aliphatic carbocycles. The second-order valence-corrected chi connectivity index (χ2v) is 5.28. The number of carbonyl (C=O) groups is 2. The molecule has 1 aromatic rings. The molecule has 0 spiro atoms. The smallest absolute Gasteiger partial charge is 0.417 e. The highest BCUT2D eigenvalue weighted by Gasteiger charge is 2.38. The van der Waals surface area contributed by atoms with E-state index in [1.165, 1.54) is 36.4 Å². The normalized spacial score (nSPS) is 18.0. The van der Waals surface area contributed by atoms with Gasteiger partial charge in [0, 0.05) is 18.2 Å². The average Bonchev–Trinajstić information content (AvgIpc) is 2.87. The van der Waals surface area contributed by atoms with Crippen LogP contribution in [0.25, 0.3) is 6.08 Å². The van der Waals surface area contributed by atoms with Gasteiger partial charge in [-0.3, -0.25) is 14.9 Å². The van der Waals surface area contributed by atoms with Gasteiger partial charge in [-0.15, -0.1) is 0 Å². The molecule has 0 bridgehead atoms. The monoisotopic (exact) mass is 304 g/mol.